The Balaban J connectivity index is 1.82. The number of urea groups is 1. The Kier molecular flexibility index (Phi) is 6.47. The van der Waals surface area contributed by atoms with Crippen molar-refractivity contribution in [1.82, 2.24) is 10.2 Å². The molecule has 0 fully saturated rings. The zero-order chi connectivity index (χ0) is 18.2. The highest BCUT2D eigenvalue weighted by Gasteiger charge is 2.12. The number of methoxy groups -OCH3 is 1. The molecule has 3 amide bonds. The summed E-state index contributed by atoms with van der Waals surface area (Å²) < 4.78 is 18.6. The summed E-state index contributed by atoms with van der Waals surface area (Å²) in [6, 6.07) is 12.5. The SMILES string of the molecule is COc1cccc(CN(C)CC(=O)NC(=O)Nc2ccccc2F)c1. The summed E-state index contributed by atoms with van der Waals surface area (Å²) in [6.07, 6.45) is 0. The van der Waals surface area contributed by atoms with Crippen LogP contribution in [0, 0.1) is 5.82 Å². The first-order valence-electron chi connectivity index (χ1n) is 7.65. The van der Waals surface area contributed by atoms with Crippen LogP contribution in [0.5, 0.6) is 5.75 Å². The summed E-state index contributed by atoms with van der Waals surface area (Å²) in [5.41, 5.74) is 0.989. The fourth-order valence-corrected chi connectivity index (χ4v) is 2.27. The monoisotopic (exact) mass is 345 g/mol. The summed E-state index contributed by atoms with van der Waals surface area (Å²) >= 11 is 0. The minimum atomic E-state index is -0.773. The molecule has 0 aromatic heterocycles. The number of carbonyl (C=O) groups excluding carboxylic acids is 2. The fraction of sp³-hybridized carbons (Fsp3) is 0.222. The van der Waals surface area contributed by atoms with E-state index in [4.69, 9.17) is 4.74 Å². The molecule has 0 spiro atoms. The van der Waals surface area contributed by atoms with Gasteiger partial charge >= 0.3 is 6.03 Å². The van der Waals surface area contributed by atoms with Crippen LogP contribution in [0.1, 0.15) is 5.56 Å². The number of likely N-dealkylation sites (N-methyl/N-ethyl adjacent to an activating group) is 1. The molecule has 0 saturated carbocycles. The van der Waals surface area contributed by atoms with E-state index in [2.05, 4.69) is 10.6 Å². The van der Waals surface area contributed by atoms with E-state index >= 15 is 0 Å². The van der Waals surface area contributed by atoms with Crippen LogP contribution in [0.2, 0.25) is 0 Å². The van der Waals surface area contributed by atoms with Crippen molar-refractivity contribution in [2.24, 2.45) is 0 Å². The highest BCUT2D eigenvalue weighted by atomic mass is 19.1. The van der Waals surface area contributed by atoms with E-state index in [9.17, 15) is 14.0 Å². The van der Waals surface area contributed by atoms with E-state index in [1.165, 1.54) is 18.2 Å². The van der Waals surface area contributed by atoms with Gasteiger partial charge in [0.25, 0.3) is 0 Å². The van der Waals surface area contributed by atoms with Gasteiger partial charge in [-0.1, -0.05) is 24.3 Å². The van der Waals surface area contributed by atoms with Crippen molar-refractivity contribution < 1.29 is 18.7 Å². The minimum Gasteiger partial charge on any atom is -0.497 e. The average molecular weight is 345 g/mol. The second-order valence-electron chi connectivity index (χ2n) is 5.51. The molecule has 0 aliphatic heterocycles. The lowest BCUT2D eigenvalue weighted by Crippen LogP contribution is -2.40. The van der Waals surface area contributed by atoms with Gasteiger partial charge in [0.2, 0.25) is 5.91 Å². The number of nitrogens with one attached hydrogen (secondary N) is 2. The van der Waals surface area contributed by atoms with Gasteiger partial charge in [0.05, 0.1) is 19.3 Å². The van der Waals surface area contributed by atoms with Crippen LogP contribution in [0.4, 0.5) is 14.9 Å². The summed E-state index contributed by atoms with van der Waals surface area (Å²) in [5.74, 6) is -0.320. The van der Waals surface area contributed by atoms with E-state index in [1.54, 1.807) is 25.1 Å². The number of nitrogens with zero attached hydrogens (tertiary/aromatic N) is 1. The molecule has 6 nitrogen and oxygen atoms in total. The van der Waals surface area contributed by atoms with Gasteiger partial charge in [0.1, 0.15) is 11.6 Å². The molecule has 0 atom stereocenters. The molecule has 0 aliphatic rings. The van der Waals surface area contributed by atoms with Gasteiger partial charge < -0.3 is 10.1 Å². The predicted octanol–water partition coefficient (Wildman–Crippen LogP) is 2.61. The standard InChI is InChI=1S/C18H20FN3O3/c1-22(11-13-6-5-7-14(10-13)25-2)12-17(23)21-18(24)20-16-9-4-3-8-15(16)19/h3-10H,11-12H2,1-2H3,(H2,20,21,23,24). The predicted molar refractivity (Wildman–Crippen MR) is 92.9 cm³/mol. The third-order valence-electron chi connectivity index (χ3n) is 3.38. The first kappa shape index (κ1) is 18.4. The van der Waals surface area contributed by atoms with Gasteiger partial charge in [-0.25, -0.2) is 9.18 Å². The molecule has 25 heavy (non-hydrogen) atoms. The Morgan fingerprint density at radius 3 is 2.64 bits per heavy atom. The molecular formula is C18H20FN3O3. The van der Waals surface area contributed by atoms with E-state index in [1.807, 2.05) is 24.3 Å². The number of amides is 3. The first-order valence-corrected chi connectivity index (χ1v) is 7.65. The Morgan fingerprint density at radius 2 is 1.92 bits per heavy atom. The Bertz CT molecular complexity index is 752. The number of halogens is 1. The first-order chi connectivity index (χ1) is 12.0. The number of benzene rings is 2. The van der Waals surface area contributed by atoms with Crippen LogP contribution in [0.25, 0.3) is 0 Å². The lowest BCUT2D eigenvalue weighted by molar-refractivity contribution is -0.120. The zero-order valence-electron chi connectivity index (χ0n) is 14.1. The van der Waals surface area contributed by atoms with Crippen molar-refractivity contribution in [3.05, 3.63) is 59.9 Å². The second kappa shape index (κ2) is 8.79. The molecule has 0 saturated heterocycles. The number of para-hydroxylation sites is 1. The minimum absolute atomic E-state index is 0.0116. The van der Waals surface area contributed by atoms with E-state index in [0.29, 0.717) is 6.54 Å². The molecule has 0 unspecified atom stereocenters. The van der Waals surface area contributed by atoms with Crippen LogP contribution < -0.4 is 15.4 Å². The Hall–Kier alpha value is -2.93. The quantitative estimate of drug-likeness (QED) is 0.844. The van der Waals surface area contributed by atoms with Crippen molar-refractivity contribution in [2.75, 3.05) is 26.0 Å². The van der Waals surface area contributed by atoms with Crippen LogP contribution in [0.15, 0.2) is 48.5 Å². The molecule has 0 radical (unpaired) electrons. The highest BCUT2D eigenvalue weighted by Crippen LogP contribution is 2.14. The second-order valence-corrected chi connectivity index (χ2v) is 5.51. The van der Waals surface area contributed by atoms with Crippen LogP contribution in [-0.4, -0.2) is 37.5 Å². The summed E-state index contributed by atoms with van der Waals surface area (Å²) in [4.78, 5) is 25.4. The maximum atomic E-state index is 13.5. The van der Waals surface area contributed by atoms with Gasteiger partial charge in [-0.15, -0.1) is 0 Å². The number of hydrogen-bond donors (Lipinski definition) is 2. The average Bonchev–Trinajstić information content (AvgIpc) is 2.56. The van der Waals surface area contributed by atoms with E-state index in [0.717, 1.165) is 11.3 Å². The van der Waals surface area contributed by atoms with E-state index in [-0.39, 0.29) is 12.2 Å². The van der Waals surface area contributed by atoms with E-state index < -0.39 is 17.8 Å². The topological polar surface area (TPSA) is 70.7 Å². The van der Waals surface area contributed by atoms with Gasteiger partial charge in [-0.05, 0) is 36.9 Å². The molecule has 2 rings (SSSR count). The van der Waals surface area contributed by atoms with Gasteiger partial charge in [0, 0.05) is 6.54 Å². The number of imide groups is 1. The van der Waals surface area contributed by atoms with Gasteiger partial charge in [0.15, 0.2) is 0 Å². The molecule has 2 aromatic rings. The van der Waals surface area contributed by atoms with Crippen molar-refractivity contribution in [3.63, 3.8) is 0 Å². The molecule has 0 heterocycles. The smallest absolute Gasteiger partial charge is 0.326 e. The number of hydrogen-bond acceptors (Lipinski definition) is 4. The Morgan fingerprint density at radius 1 is 1.16 bits per heavy atom. The zero-order valence-corrected chi connectivity index (χ0v) is 14.1. The van der Waals surface area contributed by atoms with Crippen molar-refractivity contribution >= 4 is 17.6 Å². The van der Waals surface area contributed by atoms with Crippen LogP contribution in [0.3, 0.4) is 0 Å². The van der Waals surface area contributed by atoms with Crippen molar-refractivity contribution in [2.45, 2.75) is 6.54 Å². The van der Waals surface area contributed by atoms with Crippen LogP contribution >= 0.6 is 0 Å². The third-order valence-corrected chi connectivity index (χ3v) is 3.38. The molecule has 7 heteroatoms. The highest BCUT2D eigenvalue weighted by molar-refractivity contribution is 6.01. The van der Waals surface area contributed by atoms with Crippen molar-refractivity contribution in [3.8, 4) is 5.75 Å². The lowest BCUT2D eigenvalue weighted by Gasteiger charge is -2.16. The Labute approximate surface area is 145 Å². The van der Waals surface area contributed by atoms with Crippen molar-refractivity contribution in [1.29, 1.82) is 0 Å². The summed E-state index contributed by atoms with van der Waals surface area (Å²) in [7, 11) is 3.35. The van der Waals surface area contributed by atoms with Gasteiger partial charge in [-0.3, -0.25) is 15.0 Å². The maximum Gasteiger partial charge on any atom is 0.326 e. The number of rotatable bonds is 6. The third kappa shape index (κ3) is 5.89. The molecular weight excluding hydrogens is 325 g/mol. The molecule has 132 valence electrons. The fourth-order valence-electron chi connectivity index (χ4n) is 2.27. The number of ether oxygens (including phenoxy) is 1. The maximum absolute atomic E-state index is 13.5. The summed E-state index contributed by atoms with van der Waals surface area (Å²) in [5, 5.41) is 4.47. The number of carbonyl (C=O) groups is 2. The number of anilines is 1. The molecule has 2 N–H and O–H groups in total. The largest absolute Gasteiger partial charge is 0.497 e. The van der Waals surface area contributed by atoms with Gasteiger partial charge in [-0.2, -0.15) is 0 Å². The molecule has 0 aliphatic carbocycles. The molecule has 0 bridgehead atoms. The summed E-state index contributed by atoms with van der Waals surface area (Å²) in [6.45, 7) is 0.529. The van der Waals surface area contributed by atoms with Crippen LogP contribution in [-0.2, 0) is 11.3 Å². The normalized spacial score (nSPS) is 10.4. The molecule has 2 aromatic carbocycles. The lowest BCUT2D eigenvalue weighted by atomic mass is 10.2.